The quantitative estimate of drug-likeness (QED) is 0.420. The lowest BCUT2D eigenvalue weighted by Crippen LogP contribution is -2.56. The second-order valence-corrected chi connectivity index (χ2v) is 13.8. The summed E-state index contributed by atoms with van der Waals surface area (Å²) in [4.78, 5) is 0. The van der Waals surface area contributed by atoms with Crippen LogP contribution < -0.4 is 20.7 Å². The molecule has 0 atom stereocenters. The number of hydrogen-bond acceptors (Lipinski definition) is 1. The molecule has 0 aromatic heterocycles. The fourth-order valence-corrected chi connectivity index (χ4v) is 11.3. The van der Waals surface area contributed by atoms with Gasteiger partial charge < -0.3 is 4.12 Å². The van der Waals surface area contributed by atoms with Gasteiger partial charge in [0.25, 0.3) is 0 Å². The van der Waals surface area contributed by atoms with Gasteiger partial charge in [-0.3, -0.25) is 0 Å². The Hall–Kier alpha value is -2.73. The van der Waals surface area contributed by atoms with Crippen LogP contribution in [0.5, 0.6) is 0 Å². The van der Waals surface area contributed by atoms with Crippen LogP contribution in [0.3, 0.4) is 0 Å². The Labute approximate surface area is 189 Å². The second-order valence-electron chi connectivity index (χ2n) is 8.55. The first-order chi connectivity index (χ1) is 15.0. The summed E-state index contributed by atoms with van der Waals surface area (Å²) in [5.41, 5.74) is 5.15. The standard InChI is InChI=1S/C28H30OSi2/c1-21-9-5-13-25(17-21)30(26-14-6-10-22(2)18-26)29-31(27-15-7-11-23(3)19-27)28-16-8-12-24(4)20-28/h5-20,30-31H,1-4H3. The predicted molar refractivity (Wildman–Crippen MR) is 139 cm³/mol. The van der Waals surface area contributed by atoms with Crippen molar-refractivity contribution in [2.24, 2.45) is 0 Å². The highest BCUT2D eigenvalue weighted by Gasteiger charge is 2.26. The normalized spacial score (nSPS) is 11.3. The minimum Gasteiger partial charge on any atom is -0.446 e. The fraction of sp³-hybridized carbons (Fsp3) is 0.143. The first kappa shape index (κ1) is 21.5. The third-order valence-corrected chi connectivity index (χ3v) is 11.7. The van der Waals surface area contributed by atoms with Gasteiger partial charge in [0.15, 0.2) is 0 Å². The van der Waals surface area contributed by atoms with E-state index >= 15 is 0 Å². The summed E-state index contributed by atoms with van der Waals surface area (Å²) in [5.74, 6) is 0. The molecular formula is C28H30OSi2. The molecule has 0 aliphatic carbocycles. The number of hydrogen-bond donors (Lipinski definition) is 0. The zero-order valence-electron chi connectivity index (χ0n) is 18.8. The molecule has 0 saturated carbocycles. The molecule has 4 rings (SSSR count). The van der Waals surface area contributed by atoms with Crippen LogP contribution in [0.4, 0.5) is 0 Å². The van der Waals surface area contributed by atoms with E-state index < -0.39 is 18.1 Å². The molecule has 0 spiro atoms. The van der Waals surface area contributed by atoms with Crippen LogP contribution in [0, 0.1) is 27.7 Å². The summed E-state index contributed by atoms with van der Waals surface area (Å²) in [6.45, 7) is 8.67. The summed E-state index contributed by atoms with van der Waals surface area (Å²) < 4.78 is 7.29. The Morgan fingerprint density at radius 1 is 0.419 bits per heavy atom. The van der Waals surface area contributed by atoms with Gasteiger partial charge in [0.1, 0.15) is 0 Å². The number of aryl methyl sites for hydroxylation is 4. The first-order valence-electron chi connectivity index (χ1n) is 10.9. The Bertz CT molecular complexity index is 1000. The molecule has 0 aliphatic heterocycles. The Balaban J connectivity index is 1.84. The van der Waals surface area contributed by atoms with E-state index in [1.54, 1.807) is 0 Å². The van der Waals surface area contributed by atoms with Crippen LogP contribution in [-0.4, -0.2) is 18.1 Å². The van der Waals surface area contributed by atoms with Gasteiger partial charge in [-0.05, 0) is 48.4 Å². The Morgan fingerprint density at radius 3 is 0.903 bits per heavy atom. The van der Waals surface area contributed by atoms with Crippen molar-refractivity contribution in [3.8, 4) is 0 Å². The van der Waals surface area contributed by atoms with Gasteiger partial charge in [-0.15, -0.1) is 0 Å². The molecule has 0 aliphatic rings. The van der Waals surface area contributed by atoms with Crippen molar-refractivity contribution in [2.75, 3.05) is 0 Å². The van der Waals surface area contributed by atoms with Crippen molar-refractivity contribution in [1.82, 2.24) is 0 Å². The van der Waals surface area contributed by atoms with Crippen LogP contribution in [0.1, 0.15) is 22.3 Å². The minimum atomic E-state index is -1.87. The lowest BCUT2D eigenvalue weighted by molar-refractivity contribution is 0.633. The smallest absolute Gasteiger partial charge is 0.228 e. The van der Waals surface area contributed by atoms with Gasteiger partial charge in [-0.1, -0.05) is 119 Å². The maximum atomic E-state index is 7.29. The molecule has 31 heavy (non-hydrogen) atoms. The van der Waals surface area contributed by atoms with Gasteiger partial charge in [0.05, 0.1) is 0 Å². The largest absolute Gasteiger partial charge is 0.446 e. The molecule has 0 fully saturated rings. The molecule has 4 aromatic rings. The highest BCUT2D eigenvalue weighted by molar-refractivity contribution is 6.91. The molecule has 0 heterocycles. The summed E-state index contributed by atoms with van der Waals surface area (Å²) in [7, 11) is -3.75. The van der Waals surface area contributed by atoms with Gasteiger partial charge in [-0.25, -0.2) is 0 Å². The average molecular weight is 439 g/mol. The monoisotopic (exact) mass is 438 g/mol. The van der Waals surface area contributed by atoms with Crippen molar-refractivity contribution < 1.29 is 4.12 Å². The van der Waals surface area contributed by atoms with E-state index in [-0.39, 0.29) is 0 Å². The lowest BCUT2D eigenvalue weighted by Gasteiger charge is -2.26. The van der Waals surface area contributed by atoms with E-state index in [4.69, 9.17) is 4.12 Å². The fourth-order valence-electron chi connectivity index (χ4n) is 4.17. The molecule has 0 radical (unpaired) electrons. The van der Waals surface area contributed by atoms with Crippen LogP contribution in [0.2, 0.25) is 0 Å². The van der Waals surface area contributed by atoms with Gasteiger partial charge in [0.2, 0.25) is 18.1 Å². The third-order valence-electron chi connectivity index (χ3n) is 5.65. The molecule has 0 amide bonds. The van der Waals surface area contributed by atoms with E-state index in [0.29, 0.717) is 0 Å². The van der Waals surface area contributed by atoms with E-state index in [2.05, 4.69) is 125 Å². The molecule has 0 N–H and O–H groups in total. The lowest BCUT2D eigenvalue weighted by atomic mass is 10.2. The summed E-state index contributed by atoms with van der Waals surface area (Å²) >= 11 is 0. The summed E-state index contributed by atoms with van der Waals surface area (Å²) in [5, 5.41) is 5.40. The Kier molecular flexibility index (Phi) is 6.66. The zero-order chi connectivity index (χ0) is 21.8. The van der Waals surface area contributed by atoms with Crippen molar-refractivity contribution in [2.45, 2.75) is 27.7 Å². The van der Waals surface area contributed by atoms with Gasteiger partial charge in [0, 0.05) is 0 Å². The van der Waals surface area contributed by atoms with Crippen molar-refractivity contribution in [3.05, 3.63) is 119 Å². The first-order valence-corrected chi connectivity index (χ1v) is 14.2. The maximum absolute atomic E-state index is 7.29. The molecule has 0 bridgehead atoms. The minimum absolute atomic E-state index is 1.29. The molecule has 0 saturated heterocycles. The number of rotatable bonds is 6. The number of benzene rings is 4. The molecule has 4 aromatic carbocycles. The van der Waals surface area contributed by atoms with Crippen molar-refractivity contribution in [3.63, 3.8) is 0 Å². The van der Waals surface area contributed by atoms with E-state index in [1.165, 1.54) is 43.0 Å². The highest BCUT2D eigenvalue weighted by Crippen LogP contribution is 2.06. The topological polar surface area (TPSA) is 9.23 Å². The third kappa shape index (κ3) is 5.31. The highest BCUT2D eigenvalue weighted by atomic mass is 28.4. The van der Waals surface area contributed by atoms with Gasteiger partial charge >= 0.3 is 0 Å². The van der Waals surface area contributed by atoms with Crippen LogP contribution in [0.15, 0.2) is 97.1 Å². The maximum Gasteiger partial charge on any atom is 0.228 e. The van der Waals surface area contributed by atoms with Crippen LogP contribution >= 0.6 is 0 Å². The van der Waals surface area contributed by atoms with Gasteiger partial charge in [-0.2, -0.15) is 0 Å². The molecule has 1 nitrogen and oxygen atoms in total. The zero-order valence-corrected chi connectivity index (χ0v) is 21.1. The summed E-state index contributed by atoms with van der Waals surface area (Å²) in [6, 6.07) is 35.6. The molecule has 156 valence electrons. The van der Waals surface area contributed by atoms with Crippen LogP contribution in [-0.2, 0) is 4.12 Å². The van der Waals surface area contributed by atoms with Crippen molar-refractivity contribution in [1.29, 1.82) is 0 Å². The van der Waals surface area contributed by atoms with E-state index in [1.807, 2.05) is 0 Å². The summed E-state index contributed by atoms with van der Waals surface area (Å²) in [6.07, 6.45) is 0. The Morgan fingerprint density at radius 2 is 0.677 bits per heavy atom. The SMILES string of the molecule is Cc1cccc([SiH](O[SiH](c2cccc(C)c2)c2cccc(C)c2)c2cccc(C)c2)c1. The predicted octanol–water partition coefficient (Wildman–Crippen LogP) is 3.31. The van der Waals surface area contributed by atoms with E-state index in [0.717, 1.165) is 0 Å². The average Bonchev–Trinajstić information content (AvgIpc) is 2.74. The van der Waals surface area contributed by atoms with E-state index in [9.17, 15) is 0 Å². The molecule has 3 heteroatoms. The van der Waals surface area contributed by atoms with Crippen LogP contribution in [0.25, 0.3) is 0 Å². The molecular weight excluding hydrogens is 408 g/mol. The van der Waals surface area contributed by atoms with Crippen molar-refractivity contribution >= 4 is 38.8 Å². The molecule has 0 unspecified atom stereocenters. The second kappa shape index (κ2) is 9.60.